The van der Waals surface area contributed by atoms with Crippen LogP contribution in [-0.2, 0) is 0 Å². The van der Waals surface area contributed by atoms with Gasteiger partial charge in [0.15, 0.2) is 6.29 Å². The van der Waals surface area contributed by atoms with E-state index in [9.17, 15) is 9.18 Å². The molecule has 1 aromatic carbocycles. The van der Waals surface area contributed by atoms with Crippen LogP contribution in [-0.4, -0.2) is 16.1 Å². The highest BCUT2D eigenvalue weighted by Gasteiger charge is 2.05. The summed E-state index contributed by atoms with van der Waals surface area (Å²) in [6.45, 7) is 1.74. The zero-order valence-corrected chi connectivity index (χ0v) is 8.14. The van der Waals surface area contributed by atoms with Gasteiger partial charge in [-0.15, -0.1) is 0 Å². The minimum Gasteiger partial charge on any atom is -0.298 e. The lowest BCUT2D eigenvalue weighted by molar-refractivity contribution is 0.112. The first-order valence-corrected chi connectivity index (χ1v) is 4.48. The molecule has 76 valence electrons. The van der Waals surface area contributed by atoms with Crippen molar-refractivity contribution < 1.29 is 9.18 Å². The van der Waals surface area contributed by atoms with Gasteiger partial charge in [-0.05, 0) is 25.1 Å². The molecule has 0 bridgehead atoms. The van der Waals surface area contributed by atoms with Crippen molar-refractivity contribution in [3.05, 3.63) is 47.5 Å². The number of aryl methyl sites for hydroxylation is 1. The predicted octanol–water partition coefficient (Wildman–Crippen LogP) is 2.13. The van der Waals surface area contributed by atoms with Crippen molar-refractivity contribution in [3.63, 3.8) is 0 Å². The molecule has 0 aliphatic carbocycles. The van der Waals surface area contributed by atoms with Gasteiger partial charge in [0.25, 0.3) is 0 Å². The quantitative estimate of drug-likeness (QED) is 0.702. The van der Waals surface area contributed by atoms with Gasteiger partial charge < -0.3 is 0 Å². The van der Waals surface area contributed by atoms with E-state index in [0.717, 1.165) is 6.29 Å². The van der Waals surface area contributed by atoms with Crippen molar-refractivity contribution in [2.24, 2.45) is 0 Å². The van der Waals surface area contributed by atoms with Crippen LogP contribution in [0.15, 0.2) is 30.5 Å². The number of carbonyl (C=O) groups excluding carboxylic acids is 1. The van der Waals surface area contributed by atoms with Crippen LogP contribution in [0.2, 0.25) is 0 Å². The van der Waals surface area contributed by atoms with Crippen molar-refractivity contribution in [3.8, 4) is 5.69 Å². The van der Waals surface area contributed by atoms with Crippen molar-refractivity contribution in [2.75, 3.05) is 0 Å². The second kappa shape index (κ2) is 3.65. The molecule has 0 saturated heterocycles. The van der Waals surface area contributed by atoms with Gasteiger partial charge in [-0.1, -0.05) is 6.07 Å². The van der Waals surface area contributed by atoms with E-state index in [1.165, 1.54) is 16.8 Å². The van der Waals surface area contributed by atoms with Crippen LogP contribution in [0.3, 0.4) is 0 Å². The van der Waals surface area contributed by atoms with E-state index >= 15 is 0 Å². The second-order valence-corrected chi connectivity index (χ2v) is 3.21. The number of carbonyl (C=O) groups is 1. The third kappa shape index (κ3) is 1.79. The molecule has 0 radical (unpaired) electrons. The fourth-order valence-electron chi connectivity index (χ4n) is 1.34. The normalized spacial score (nSPS) is 10.3. The number of rotatable bonds is 2. The van der Waals surface area contributed by atoms with E-state index in [1.807, 2.05) is 0 Å². The van der Waals surface area contributed by atoms with Crippen LogP contribution < -0.4 is 0 Å². The minimum atomic E-state index is -0.326. The molecule has 0 N–H and O–H groups in total. The third-order valence-corrected chi connectivity index (χ3v) is 2.14. The van der Waals surface area contributed by atoms with Crippen LogP contribution in [0.4, 0.5) is 4.39 Å². The molecule has 0 atom stereocenters. The van der Waals surface area contributed by atoms with Crippen molar-refractivity contribution in [2.45, 2.75) is 6.92 Å². The summed E-state index contributed by atoms with van der Waals surface area (Å²) in [7, 11) is 0. The van der Waals surface area contributed by atoms with Gasteiger partial charge in [-0.25, -0.2) is 9.07 Å². The molecular weight excluding hydrogens is 195 g/mol. The number of hydrogen-bond acceptors (Lipinski definition) is 2. The average Bonchev–Trinajstić information content (AvgIpc) is 2.60. The maximum Gasteiger partial charge on any atom is 0.153 e. The first kappa shape index (κ1) is 9.58. The van der Waals surface area contributed by atoms with Gasteiger partial charge >= 0.3 is 0 Å². The van der Waals surface area contributed by atoms with E-state index in [2.05, 4.69) is 5.10 Å². The number of aromatic nitrogens is 2. The maximum atomic E-state index is 12.9. The number of benzene rings is 1. The van der Waals surface area contributed by atoms with E-state index in [1.54, 1.807) is 25.3 Å². The summed E-state index contributed by atoms with van der Waals surface area (Å²) in [5, 5.41) is 4.11. The highest BCUT2D eigenvalue weighted by molar-refractivity contribution is 5.76. The molecule has 0 saturated carbocycles. The van der Waals surface area contributed by atoms with Gasteiger partial charge in [0.1, 0.15) is 5.82 Å². The molecular formula is C11H9FN2O. The van der Waals surface area contributed by atoms with E-state index in [0.29, 0.717) is 16.9 Å². The van der Waals surface area contributed by atoms with E-state index < -0.39 is 0 Å². The van der Waals surface area contributed by atoms with Gasteiger partial charge in [0, 0.05) is 6.20 Å². The highest BCUT2D eigenvalue weighted by Crippen LogP contribution is 2.11. The first-order chi connectivity index (χ1) is 7.20. The van der Waals surface area contributed by atoms with Crippen molar-refractivity contribution in [1.29, 1.82) is 0 Å². The number of hydrogen-bond donors (Lipinski definition) is 0. The predicted molar refractivity (Wildman–Crippen MR) is 53.6 cm³/mol. The standard InChI is InChI=1S/C11H9FN2O/c1-8-9(7-15)6-14(13-8)11-4-2-3-10(12)5-11/h2-7H,1H3. The Kier molecular flexibility index (Phi) is 2.33. The second-order valence-electron chi connectivity index (χ2n) is 3.21. The van der Waals surface area contributed by atoms with Crippen LogP contribution in [0.5, 0.6) is 0 Å². The van der Waals surface area contributed by atoms with Crippen molar-refractivity contribution >= 4 is 6.29 Å². The summed E-state index contributed by atoms with van der Waals surface area (Å²) in [5.74, 6) is -0.326. The smallest absolute Gasteiger partial charge is 0.153 e. The summed E-state index contributed by atoms with van der Waals surface area (Å²) in [6, 6.07) is 6.05. The molecule has 3 nitrogen and oxygen atoms in total. The highest BCUT2D eigenvalue weighted by atomic mass is 19.1. The zero-order valence-electron chi connectivity index (χ0n) is 8.14. The minimum absolute atomic E-state index is 0.326. The molecule has 0 fully saturated rings. The Balaban J connectivity index is 2.49. The summed E-state index contributed by atoms with van der Waals surface area (Å²) in [4.78, 5) is 10.6. The topological polar surface area (TPSA) is 34.9 Å². The summed E-state index contributed by atoms with van der Waals surface area (Å²) in [5.41, 5.74) is 1.75. The molecule has 0 aliphatic rings. The zero-order chi connectivity index (χ0) is 10.8. The Morgan fingerprint density at radius 3 is 2.87 bits per heavy atom. The average molecular weight is 204 g/mol. The molecule has 1 aromatic heterocycles. The van der Waals surface area contributed by atoms with Gasteiger partial charge in [0.05, 0.1) is 16.9 Å². The Bertz CT molecular complexity index is 505. The van der Waals surface area contributed by atoms with Gasteiger partial charge in [-0.3, -0.25) is 4.79 Å². The summed E-state index contributed by atoms with van der Waals surface area (Å²) >= 11 is 0. The van der Waals surface area contributed by atoms with E-state index in [-0.39, 0.29) is 5.82 Å². The SMILES string of the molecule is Cc1nn(-c2cccc(F)c2)cc1C=O. The Labute approximate surface area is 86.2 Å². The monoisotopic (exact) mass is 204 g/mol. The fourth-order valence-corrected chi connectivity index (χ4v) is 1.34. The molecule has 0 aliphatic heterocycles. The molecule has 0 amide bonds. The lowest BCUT2D eigenvalue weighted by Crippen LogP contribution is -1.94. The Morgan fingerprint density at radius 1 is 1.47 bits per heavy atom. The molecule has 4 heteroatoms. The van der Waals surface area contributed by atoms with Gasteiger partial charge in [0.2, 0.25) is 0 Å². The lowest BCUT2D eigenvalue weighted by Gasteiger charge is -1.99. The molecule has 15 heavy (non-hydrogen) atoms. The fraction of sp³-hybridized carbons (Fsp3) is 0.0909. The number of aldehydes is 1. The Morgan fingerprint density at radius 2 is 2.27 bits per heavy atom. The largest absolute Gasteiger partial charge is 0.298 e. The summed E-state index contributed by atoms with van der Waals surface area (Å²) < 4.78 is 14.4. The van der Waals surface area contributed by atoms with Crippen LogP contribution in [0, 0.1) is 12.7 Å². The molecule has 1 heterocycles. The molecule has 2 rings (SSSR count). The Hall–Kier alpha value is -1.97. The van der Waals surface area contributed by atoms with Crippen LogP contribution in [0.25, 0.3) is 5.69 Å². The lowest BCUT2D eigenvalue weighted by atomic mass is 10.3. The van der Waals surface area contributed by atoms with Crippen molar-refractivity contribution in [1.82, 2.24) is 9.78 Å². The van der Waals surface area contributed by atoms with Gasteiger partial charge in [-0.2, -0.15) is 5.10 Å². The van der Waals surface area contributed by atoms with E-state index in [4.69, 9.17) is 0 Å². The first-order valence-electron chi connectivity index (χ1n) is 4.48. The maximum absolute atomic E-state index is 12.9. The molecule has 0 unspecified atom stereocenters. The molecule has 2 aromatic rings. The van der Waals surface area contributed by atoms with Crippen LogP contribution >= 0.6 is 0 Å². The number of halogens is 1. The summed E-state index contributed by atoms with van der Waals surface area (Å²) in [6.07, 6.45) is 2.31. The van der Waals surface area contributed by atoms with Crippen LogP contribution in [0.1, 0.15) is 16.1 Å². The molecule has 0 spiro atoms. The number of nitrogens with zero attached hydrogens (tertiary/aromatic N) is 2. The third-order valence-electron chi connectivity index (χ3n) is 2.14.